The minimum absolute atomic E-state index is 0.00494. The highest BCUT2D eigenvalue weighted by Gasteiger charge is 2.17. The second kappa shape index (κ2) is 4.93. The number of rotatable bonds is 3. The van der Waals surface area contributed by atoms with E-state index in [-0.39, 0.29) is 11.2 Å². The molecule has 20 heavy (non-hydrogen) atoms. The maximum atomic E-state index is 14.1. The van der Waals surface area contributed by atoms with Gasteiger partial charge in [-0.05, 0) is 20.3 Å². The highest BCUT2D eigenvalue weighted by molar-refractivity contribution is 5.53. The minimum Gasteiger partial charge on any atom is -0.367 e. The average molecular weight is 274 g/mol. The number of aromatic nitrogens is 2. The smallest absolute Gasteiger partial charge is 0.258 e. The first kappa shape index (κ1) is 14.0. The zero-order chi connectivity index (χ0) is 14.9. The lowest BCUT2D eigenvalue weighted by atomic mass is 10.1. The van der Waals surface area contributed by atoms with E-state index in [0.717, 1.165) is 4.40 Å². The monoisotopic (exact) mass is 274 g/mol. The summed E-state index contributed by atoms with van der Waals surface area (Å²) in [5.41, 5.74) is -0.305. The molecule has 104 valence electrons. The largest absolute Gasteiger partial charge is 0.367 e. The Bertz CT molecular complexity index is 758. The van der Waals surface area contributed by atoms with Crippen LogP contribution in [0.5, 0.6) is 0 Å². The summed E-state index contributed by atoms with van der Waals surface area (Å²) < 4.78 is 15.2. The molecule has 2 rings (SSSR count). The molecule has 0 spiro atoms. The number of anilines is 1. The van der Waals surface area contributed by atoms with E-state index in [0.29, 0.717) is 17.8 Å². The van der Waals surface area contributed by atoms with E-state index in [2.05, 4.69) is 16.4 Å². The Morgan fingerprint density at radius 1 is 1.50 bits per heavy atom. The van der Waals surface area contributed by atoms with Gasteiger partial charge in [-0.15, -0.1) is 0 Å². The predicted molar refractivity (Wildman–Crippen MR) is 74.1 cm³/mol. The summed E-state index contributed by atoms with van der Waals surface area (Å²) in [5, 5.41) is 11.8. The third-order valence-corrected chi connectivity index (χ3v) is 2.87. The third-order valence-electron chi connectivity index (χ3n) is 2.87. The summed E-state index contributed by atoms with van der Waals surface area (Å²) in [6.45, 7) is 5.17. The number of nitriles is 1. The fourth-order valence-corrected chi connectivity index (χ4v) is 1.85. The van der Waals surface area contributed by atoms with Crippen LogP contribution in [0.4, 0.5) is 10.1 Å². The van der Waals surface area contributed by atoms with Crippen LogP contribution < -0.4 is 10.9 Å². The van der Waals surface area contributed by atoms with Gasteiger partial charge < -0.3 is 5.32 Å². The number of aryl methyl sites for hydroxylation is 1. The van der Waals surface area contributed by atoms with Crippen LogP contribution in [-0.4, -0.2) is 14.9 Å². The number of hydrogen-bond donors (Lipinski definition) is 1. The maximum Gasteiger partial charge on any atom is 0.258 e. The first-order valence-electron chi connectivity index (χ1n) is 6.27. The van der Waals surface area contributed by atoms with Crippen LogP contribution in [0.3, 0.4) is 0 Å². The van der Waals surface area contributed by atoms with E-state index < -0.39 is 11.4 Å². The van der Waals surface area contributed by atoms with Gasteiger partial charge in [0.2, 0.25) is 0 Å². The Kier molecular flexibility index (Phi) is 3.45. The fourth-order valence-electron chi connectivity index (χ4n) is 1.85. The number of nitrogens with one attached hydrogen (secondary N) is 1. The van der Waals surface area contributed by atoms with Crippen LogP contribution in [0.1, 0.15) is 26.5 Å². The average Bonchev–Trinajstić information content (AvgIpc) is 2.39. The van der Waals surface area contributed by atoms with Gasteiger partial charge in [-0.25, -0.2) is 9.37 Å². The molecule has 0 saturated heterocycles. The number of pyridine rings is 1. The second-order valence-corrected chi connectivity index (χ2v) is 5.07. The van der Waals surface area contributed by atoms with Crippen molar-refractivity contribution >= 4 is 11.3 Å². The van der Waals surface area contributed by atoms with Gasteiger partial charge in [0.05, 0.1) is 11.8 Å². The lowest BCUT2D eigenvalue weighted by Gasteiger charge is -2.19. The highest BCUT2D eigenvalue weighted by atomic mass is 19.1. The molecular formula is C14H15FN4O. The molecular weight excluding hydrogens is 259 g/mol. The second-order valence-electron chi connectivity index (χ2n) is 5.07. The molecule has 0 fully saturated rings. The molecule has 0 atom stereocenters. The molecule has 0 aromatic carbocycles. The van der Waals surface area contributed by atoms with Crippen LogP contribution in [0.15, 0.2) is 23.1 Å². The number of fused-ring (bicyclic) bond motifs is 1. The van der Waals surface area contributed by atoms with Crippen molar-refractivity contribution in [1.29, 1.82) is 5.26 Å². The van der Waals surface area contributed by atoms with Gasteiger partial charge in [0.1, 0.15) is 5.54 Å². The van der Waals surface area contributed by atoms with Crippen molar-refractivity contribution in [3.63, 3.8) is 0 Å². The SMILES string of the molecule is CCc1cc(=O)n2cc(NC(C)(C)C#N)cc(F)c2n1. The Labute approximate surface area is 115 Å². The van der Waals surface area contributed by atoms with Crippen molar-refractivity contribution in [2.45, 2.75) is 32.7 Å². The third kappa shape index (κ3) is 2.62. The molecule has 0 aliphatic rings. The van der Waals surface area contributed by atoms with Gasteiger partial charge in [-0.3, -0.25) is 9.20 Å². The summed E-state index contributed by atoms with van der Waals surface area (Å²) in [5.74, 6) is -0.601. The zero-order valence-corrected chi connectivity index (χ0v) is 11.6. The summed E-state index contributed by atoms with van der Waals surface area (Å²) in [6.07, 6.45) is 2.01. The summed E-state index contributed by atoms with van der Waals surface area (Å²) in [4.78, 5) is 16.1. The molecule has 1 N–H and O–H groups in total. The van der Waals surface area contributed by atoms with E-state index in [1.807, 2.05) is 6.92 Å². The van der Waals surface area contributed by atoms with Crippen molar-refractivity contribution in [1.82, 2.24) is 9.38 Å². The van der Waals surface area contributed by atoms with Crippen molar-refractivity contribution in [2.75, 3.05) is 5.32 Å². The molecule has 2 heterocycles. The fraction of sp³-hybridized carbons (Fsp3) is 0.357. The van der Waals surface area contributed by atoms with Gasteiger partial charge in [0, 0.05) is 24.0 Å². The molecule has 0 unspecified atom stereocenters. The Morgan fingerprint density at radius 2 is 2.20 bits per heavy atom. The van der Waals surface area contributed by atoms with E-state index in [4.69, 9.17) is 5.26 Å². The van der Waals surface area contributed by atoms with E-state index in [9.17, 15) is 9.18 Å². The number of halogens is 1. The van der Waals surface area contributed by atoms with E-state index >= 15 is 0 Å². The lowest BCUT2D eigenvalue weighted by Crippen LogP contribution is -2.29. The molecule has 0 aliphatic carbocycles. The van der Waals surface area contributed by atoms with Gasteiger partial charge in [-0.2, -0.15) is 5.26 Å². The maximum absolute atomic E-state index is 14.1. The van der Waals surface area contributed by atoms with Crippen LogP contribution in [0.2, 0.25) is 0 Å². The lowest BCUT2D eigenvalue weighted by molar-refractivity contribution is 0.624. The molecule has 0 amide bonds. The van der Waals surface area contributed by atoms with Crippen LogP contribution in [-0.2, 0) is 6.42 Å². The molecule has 2 aromatic heterocycles. The molecule has 2 aromatic rings. The van der Waals surface area contributed by atoms with Crippen LogP contribution >= 0.6 is 0 Å². The van der Waals surface area contributed by atoms with Crippen molar-refractivity contribution in [2.24, 2.45) is 0 Å². The van der Waals surface area contributed by atoms with Gasteiger partial charge in [-0.1, -0.05) is 6.92 Å². The minimum atomic E-state index is -0.861. The van der Waals surface area contributed by atoms with Crippen molar-refractivity contribution < 1.29 is 4.39 Å². The molecule has 5 nitrogen and oxygen atoms in total. The zero-order valence-electron chi connectivity index (χ0n) is 11.6. The first-order chi connectivity index (χ1) is 9.36. The molecule has 6 heteroatoms. The quantitative estimate of drug-likeness (QED) is 0.930. The topological polar surface area (TPSA) is 70.2 Å². The standard InChI is InChI=1S/C14H15FN4O/c1-4-9-6-12(20)19-7-10(18-14(2,3)8-16)5-11(15)13(19)17-9/h5-7,18H,4H2,1-3H3. The molecule has 0 bridgehead atoms. The summed E-state index contributed by atoms with van der Waals surface area (Å²) in [7, 11) is 0. The molecule has 0 radical (unpaired) electrons. The Morgan fingerprint density at radius 3 is 2.80 bits per heavy atom. The molecule has 0 aliphatic heterocycles. The van der Waals surface area contributed by atoms with E-state index in [1.165, 1.54) is 18.3 Å². The van der Waals surface area contributed by atoms with Crippen LogP contribution in [0.25, 0.3) is 5.65 Å². The van der Waals surface area contributed by atoms with Gasteiger partial charge in [0.25, 0.3) is 5.56 Å². The predicted octanol–water partition coefficient (Wildman–Crippen LogP) is 2.11. The summed E-state index contributed by atoms with van der Waals surface area (Å²) >= 11 is 0. The molecule has 0 saturated carbocycles. The van der Waals surface area contributed by atoms with Crippen molar-refractivity contribution in [3.05, 3.63) is 40.2 Å². The highest BCUT2D eigenvalue weighted by Crippen LogP contribution is 2.17. The first-order valence-corrected chi connectivity index (χ1v) is 6.27. The van der Waals surface area contributed by atoms with Gasteiger partial charge >= 0.3 is 0 Å². The van der Waals surface area contributed by atoms with Crippen LogP contribution in [0, 0.1) is 17.1 Å². The van der Waals surface area contributed by atoms with Gasteiger partial charge in [0.15, 0.2) is 11.5 Å². The Balaban J connectivity index is 2.62. The number of hydrogen-bond acceptors (Lipinski definition) is 4. The summed E-state index contributed by atoms with van der Waals surface area (Å²) in [6, 6.07) is 4.67. The van der Waals surface area contributed by atoms with E-state index in [1.54, 1.807) is 13.8 Å². The number of nitrogens with zero attached hydrogens (tertiary/aromatic N) is 3. The van der Waals surface area contributed by atoms with Crippen molar-refractivity contribution in [3.8, 4) is 6.07 Å². The normalized spacial score (nSPS) is 11.3. The Hall–Kier alpha value is -2.42.